The van der Waals surface area contributed by atoms with Crippen LogP contribution in [-0.2, 0) is 10.4 Å². The molecule has 0 fully saturated rings. The molecule has 0 aliphatic carbocycles. The van der Waals surface area contributed by atoms with Gasteiger partial charge in [0.05, 0.1) is 6.54 Å². The summed E-state index contributed by atoms with van der Waals surface area (Å²) >= 11 is 1.44. The minimum absolute atomic E-state index is 0.126. The molecule has 2 amide bonds. The predicted octanol–water partition coefficient (Wildman–Crippen LogP) is 1.95. The Kier molecular flexibility index (Phi) is 4.72. The third-order valence-electron chi connectivity index (χ3n) is 3.02. The monoisotopic (exact) mass is 304 g/mol. The maximum absolute atomic E-state index is 12.0. The summed E-state index contributed by atoms with van der Waals surface area (Å²) in [5, 5.41) is 17.4. The summed E-state index contributed by atoms with van der Waals surface area (Å²) in [6, 6.07) is 10.2. The number of thiophene rings is 1. The molecule has 2 rings (SSSR count). The van der Waals surface area contributed by atoms with E-state index < -0.39 is 5.60 Å². The first-order chi connectivity index (χ1) is 10.0. The van der Waals surface area contributed by atoms with Gasteiger partial charge in [-0.25, -0.2) is 0 Å². The average Bonchev–Trinajstić information content (AvgIpc) is 3.01. The van der Waals surface area contributed by atoms with Crippen LogP contribution in [0, 0.1) is 0 Å². The molecule has 1 heterocycles. The SMILES string of the molecule is CC(O)(CNC(=O)c1ccc(NC=O)cc1)c1cccs1. The first-order valence-corrected chi connectivity index (χ1v) is 7.26. The Labute approximate surface area is 126 Å². The summed E-state index contributed by atoms with van der Waals surface area (Å²) in [7, 11) is 0. The quantitative estimate of drug-likeness (QED) is 0.714. The lowest BCUT2D eigenvalue weighted by Gasteiger charge is -2.22. The van der Waals surface area contributed by atoms with Gasteiger partial charge in [-0.1, -0.05) is 6.07 Å². The molecule has 1 atom stereocenters. The van der Waals surface area contributed by atoms with E-state index in [1.54, 1.807) is 31.2 Å². The lowest BCUT2D eigenvalue weighted by molar-refractivity contribution is -0.105. The lowest BCUT2D eigenvalue weighted by atomic mass is 10.0. The Morgan fingerprint density at radius 3 is 2.62 bits per heavy atom. The highest BCUT2D eigenvalue weighted by atomic mass is 32.1. The van der Waals surface area contributed by atoms with Crippen LogP contribution in [0.25, 0.3) is 0 Å². The molecule has 0 saturated heterocycles. The van der Waals surface area contributed by atoms with Crippen molar-refractivity contribution < 1.29 is 14.7 Å². The van der Waals surface area contributed by atoms with Crippen LogP contribution in [0.2, 0.25) is 0 Å². The largest absolute Gasteiger partial charge is 0.383 e. The highest BCUT2D eigenvalue weighted by molar-refractivity contribution is 7.10. The molecule has 0 saturated carbocycles. The Hall–Kier alpha value is -2.18. The topological polar surface area (TPSA) is 78.4 Å². The van der Waals surface area contributed by atoms with Crippen molar-refractivity contribution in [2.75, 3.05) is 11.9 Å². The molecule has 0 bridgehead atoms. The molecule has 0 aliphatic rings. The molecular formula is C15H16N2O3S. The van der Waals surface area contributed by atoms with Crippen molar-refractivity contribution in [3.8, 4) is 0 Å². The van der Waals surface area contributed by atoms with Crippen LogP contribution in [0.15, 0.2) is 41.8 Å². The van der Waals surface area contributed by atoms with E-state index in [4.69, 9.17) is 0 Å². The van der Waals surface area contributed by atoms with Crippen molar-refractivity contribution in [3.63, 3.8) is 0 Å². The number of benzene rings is 1. The molecular weight excluding hydrogens is 288 g/mol. The van der Waals surface area contributed by atoms with Crippen molar-refractivity contribution in [1.29, 1.82) is 0 Å². The van der Waals surface area contributed by atoms with Crippen LogP contribution in [-0.4, -0.2) is 24.0 Å². The molecule has 0 radical (unpaired) electrons. The number of aliphatic hydroxyl groups is 1. The molecule has 1 aromatic carbocycles. The van der Waals surface area contributed by atoms with Crippen LogP contribution in [0.3, 0.4) is 0 Å². The number of nitrogens with one attached hydrogen (secondary N) is 2. The molecule has 1 unspecified atom stereocenters. The summed E-state index contributed by atoms with van der Waals surface area (Å²) in [5.74, 6) is -0.274. The second-order valence-electron chi connectivity index (χ2n) is 4.77. The van der Waals surface area contributed by atoms with Crippen molar-refractivity contribution in [3.05, 3.63) is 52.2 Å². The van der Waals surface area contributed by atoms with Crippen molar-refractivity contribution in [2.24, 2.45) is 0 Å². The normalized spacial score (nSPS) is 13.2. The Balaban J connectivity index is 1.97. The minimum atomic E-state index is -1.09. The van der Waals surface area contributed by atoms with Gasteiger partial charge in [0.15, 0.2) is 0 Å². The summed E-state index contributed by atoms with van der Waals surface area (Å²) in [4.78, 5) is 23.1. The molecule has 1 aromatic heterocycles. The fourth-order valence-corrected chi connectivity index (χ4v) is 2.60. The molecule has 0 spiro atoms. The van der Waals surface area contributed by atoms with Gasteiger partial charge in [-0.05, 0) is 42.6 Å². The van der Waals surface area contributed by atoms with Crippen molar-refractivity contribution in [2.45, 2.75) is 12.5 Å². The fraction of sp³-hybridized carbons (Fsp3) is 0.200. The van der Waals surface area contributed by atoms with Gasteiger partial charge in [0.25, 0.3) is 5.91 Å². The molecule has 110 valence electrons. The van der Waals surface area contributed by atoms with E-state index in [1.165, 1.54) is 11.3 Å². The zero-order valence-corrected chi connectivity index (χ0v) is 12.3. The summed E-state index contributed by atoms with van der Waals surface area (Å²) in [6.07, 6.45) is 0.577. The highest BCUT2D eigenvalue weighted by Crippen LogP contribution is 2.24. The molecule has 0 aliphatic heterocycles. The van der Waals surface area contributed by atoms with Crippen LogP contribution in [0.4, 0.5) is 5.69 Å². The van der Waals surface area contributed by atoms with Gasteiger partial charge in [-0.2, -0.15) is 0 Å². The van der Waals surface area contributed by atoms with Gasteiger partial charge in [0.1, 0.15) is 5.60 Å². The number of rotatable bonds is 6. The minimum Gasteiger partial charge on any atom is -0.383 e. The number of amides is 2. The van der Waals surface area contributed by atoms with E-state index in [0.717, 1.165) is 4.88 Å². The molecule has 2 aromatic rings. The maximum Gasteiger partial charge on any atom is 0.251 e. The third kappa shape index (κ3) is 3.90. The second-order valence-corrected chi connectivity index (χ2v) is 5.72. The van der Waals surface area contributed by atoms with E-state index in [1.807, 2.05) is 17.5 Å². The highest BCUT2D eigenvalue weighted by Gasteiger charge is 2.24. The van der Waals surface area contributed by atoms with Crippen molar-refractivity contribution in [1.82, 2.24) is 5.32 Å². The van der Waals surface area contributed by atoms with Gasteiger partial charge < -0.3 is 15.7 Å². The van der Waals surface area contributed by atoms with E-state index in [2.05, 4.69) is 10.6 Å². The van der Waals surface area contributed by atoms with Crippen LogP contribution in [0.1, 0.15) is 22.2 Å². The summed E-state index contributed by atoms with van der Waals surface area (Å²) < 4.78 is 0. The van der Waals surface area contributed by atoms with E-state index in [9.17, 15) is 14.7 Å². The van der Waals surface area contributed by atoms with Gasteiger partial charge >= 0.3 is 0 Å². The lowest BCUT2D eigenvalue weighted by Crippen LogP contribution is -2.38. The number of anilines is 1. The van der Waals surface area contributed by atoms with Gasteiger partial charge in [-0.3, -0.25) is 9.59 Å². The summed E-state index contributed by atoms with van der Waals surface area (Å²) in [5.41, 5.74) is -0.0106. The Morgan fingerprint density at radius 1 is 1.33 bits per heavy atom. The van der Waals surface area contributed by atoms with Gasteiger partial charge in [-0.15, -0.1) is 11.3 Å². The van der Waals surface area contributed by atoms with E-state index in [0.29, 0.717) is 17.7 Å². The smallest absolute Gasteiger partial charge is 0.251 e. The van der Waals surface area contributed by atoms with E-state index in [-0.39, 0.29) is 12.5 Å². The zero-order chi connectivity index (χ0) is 15.3. The fourth-order valence-electron chi connectivity index (χ4n) is 1.81. The molecule has 6 heteroatoms. The van der Waals surface area contributed by atoms with Gasteiger partial charge in [0, 0.05) is 16.1 Å². The zero-order valence-electron chi connectivity index (χ0n) is 11.5. The average molecular weight is 304 g/mol. The molecule has 21 heavy (non-hydrogen) atoms. The molecule has 5 nitrogen and oxygen atoms in total. The van der Waals surface area contributed by atoms with Crippen LogP contribution in [0.5, 0.6) is 0 Å². The Bertz CT molecular complexity index is 606. The van der Waals surface area contributed by atoms with Crippen LogP contribution >= 0.6 is 11.3 Å². The second kappa shape index (κ2) is 6.51. The first kappa shape index (κ1) is 15.2. The van der Waals surface area contributed by atoms with Gasteiger partial charge in [0.2, 0.25) is 6.41 Å². The summed E-state index contributed by atoms with van der Waals surface area (Å²) in [6.45, 7) is 1.79. The van der Waals surface area contributed by atoms with Crippen LogP contribution < -0.4 is 10.6 Å². The maximum atomic E-state index is 12.0. The first-order valence-electron chi connectivity index (χ1n) is 6.38. The number of hydrogen-bond acceptors (Lipinski definition) is 4. The van der Waals surface area contributed by atoms with Crippen molar-refractivity contribution >= 4 is 29.3 Å². The number of carbonyl (C=O) groups is 2. The standard InChI is InChI=1S/C15H16N2O3S/c1-15(20,13-3-2-8-21-13)9-16-14(19)11-4-6-12(7-5-11)17-10-18/h2-8,10,20H,9H2,1H3,(H,16,19)(H,17,18). The Morgan fingerprint density at radius 2 is 2.05 bits per heavy atom. The molecule has 3 N–H and O–H groups in total. The number of carbonyl (C=O) groups excluding carboxylic acids is 2. The number of hydrogen-bond donors (Lipinski definition) is 3. The third-order valence-corrected chi connectivity index (χ3v) is 4.14. The van der Waals surface area contributed by atoms with E-state index >= 15 is 0 Å². The predicted molar refractivity (Wildman–Crippen MR) is 82.4 cm³/mol.